The fourth-order valence-electron chi connectivity index (χ4n) is 3.75. The van der Waals surface area contributed by atoms with Crippen molar-refractivity contribution in [2.45, 2.75) is 46.8 Å². The van der Waals surface area contributed by atoms with E-state index in [1.165, 1.54) is 16.9 Å². The van der Waals surface area contributed by atoms with Gasteiger partial charge >= 0.3 is 0 Å². The van der Waals surface area contributed by atoms with E-state index in [2.05, 4.69) is 31.2 Å². The van der Waals surface area contributed by atoms with Gasteiger partial charge in [-0.25, -0.2) is 4.98 Å². The van der Waals surface area contributed by atoms with Gasteiger partial charge in [0.15, 0.2) is 0 Å². The highest BCUT2D eigenvalue weighted by Crippen LogP contribution is 2.36. The van der Waals surface area contributed by atoms with E-state index < -0.39 is 0 Å². The molecule has 4 rings (SSSR count). The number of nitrogens with zero attached hydrogens (tertiary/aromatic N) is 2. The minimum Gasteiger partial charge on any atom is -0.510 e. The van der Waals surface area contributed by atoms with Gasteiger partial charge in [-0.3, -0.25) is 5.41 Å². The third-order valence-electron chi connectivity index (χ3n) is 5.27. The average molecular weight is 448 g/mol. The third kappa shape index (κ3) is 4.55. The number of aliphatic hydroxyl groups is 1. The molecule has 166 valence electrons. The number of benzene rings is 2. The normalized spacial score (nSPS) is 14.4. The summed E-state index contributed by atoms with van der Waals surface area (Å²) in [5.41, 5.74) is 4.34. The van der Waals surface area contributed by atoms with Crippen LogP contribution in [-0.4, -0.2) is 33.0 Å². The standard InChI is InChI=1S/C26H29N3O2S/c1-16-10-12-18(13-11-16)23-17(2)32-25(28-23)22-20(30)15-29(24(22)27)14-19-8-6-7-9-21(19)31-26(3,4)5/h6-13,27,30H,14-15H2,1-5H3. The van der Waals surface area contributed by atoms with Crippen LogP contribution in [0.15, 0.2) is 54.3 Å². The van der Waals surface area contributed by atoms with E-state index >= 15 is 0 Å². The maximum absolute atomic E-state index is 10.8. The Morgan fingerprint density at radius 1 is 1.09 bits per heavy atom. The molecule has 0 amide bonds. The van der Waals surface area contributed by atoms with Crippen molar-refractivity contribution in [1.29, 1.82) is 5.41 Å². The first-order valence-corrected chi connectivity index (χ1v) is 11.5. The summed E-state index contributed by atoms with van der Waals surface area (Å²) >= 11 is 1.52. The molecule has 1 aliphatic heterocycles. The number of para-hydroxylation sites is 1. The number of nitrogens with one attached hydrogen (secondary N) is 1. The quantitative estimate of drug-likeness (QED) is 0.477. The maximum atomic E-state index is 10.8. The average Bonchev–Trinajstić information content (AvgIpc) is 3.22. The largest absolute Gasteiger partial charge is 0.510 e. The number of ether oxygens (including phenoxy) is 1. The highest BCUT2D eigenvalue weighted by atomic mass is 32.1. The van der Waals surface area contributed by atoms with Crippen molar-refractivity contribution < 1.29 is 9.84 Å². The van der Waals surface area contributed by atoms with E-state index in [0.717, 1.165) is 27.4 Å². The van der Waals surface area contributed by atoms with Crippen molar-refractivity contribution in [2.75, 3.05) is 6.54 Å². The second-order valence-corrected chi connectivity index (χ2v) is 10.3. The van der Waals surface area contributed by atoms with Gasteiger partial charge in [0.1, 0.15) is 28.0 Å². The van der Waals surface area contributed by atoms with Gasteiger partial charge in [0, 0.05) is 22.5 Å². The van der Waals surface area contributed by atoms with Crippen LogP contribution < -0.4 is 4.74 Å². The lowest BCUT2D eigenvalue weighted by Crippen LogP contribution is -2.28. The van der Waals surface area contributed by atoms with Crippen LogP contribution in [0.25, 0.3) is 16.8 Å². The predicted molar refractivity (Wildman–Crippen MR) is 132 cm³/mol. The van der Waals surface area contributed by atoms with E-state index in [-0.39, 0.29) is 23.7 Å². The molecular weight excluding hydrogens is 418 g/mol. The first-order chi connectivity index (χ1) is 15.1. The van der Waals surface area contributed by atoms with Crippen LogP contribution in [0.2, 0.25) is 0 Å². The number of rotatable bonds is 5. The molecule has 0 fully saturated rings. The van der Waals surface area contributed by atoms with Crippen LogP contribution in [0.1, 0.15) is 41.8 Å². The molecule has 2 aromatic carbocycles. The zero-order valence-electron chi connectivity index (χ0n) is 19.2. The SMILES string of the molecule is Cc1ccc(-c2nc(C3=C(O)CN(Cc4ccccc4OC(C)(C)C)C3=N)sc2C)cc1. The van der Waals surface area contributed by atoms with Crippen molar-refractivity contribution in [2.24, 2.45) is 0 Å². The molecule has 1 aromatic heterocycles. The Morgan fingerprint density at radius 3 is 2.47 bits per heavy atom. The summed E-state index contributed by atoms with van der Waals surface area (Å²) in [6.45, 7) is 10.9. The Morgan fingerprint density at radius 2 is 1.78 bits per heavy atom. The van der Waals surface area contributed by atoms with Gasteiger partial charge in [-0.2, -0.15) is 0 Å². The predicted octanol–water partition coefficient (Wildman–Crippen LogP) is 6.37. The Bertz CT molecular complexity index is 1190. The first kappa shape index (κ1) is 22.1. The lowest BCUT2D eigenvalue weighted by molar-refractivity contribution is 0.128. The van der Waals surface area contributed by atoms with Crippen LogP contribution in [0.5, 0.6) is 5.75 Å². The number of aromatic nitrogens is 1. The Labute approximate surface area is 193 Å². The summed E-state index contributed by atoms with van der Waals surface area (Å²) in [6, 6.07) is 16.1. The summed E-state index contributed by atoms with van der Waals surface area (Å²) < 4.78 is 6.11. The molecule has 32 heavy (non-hydrogen) atoms. The summed E-state index contributed by atoms with van der Waals surface area (Å²) in [5, 5.41) is 20.2. The number of thiazole rings is 1. The summed E-state index contributed by atoms with van der Waals surface area (Å²) in [5.74, 6) is 1.28. The molecule has 2 N–H and O–H groups in total. The number of aryl methyl sites for hydroxylation is 2. The van der Waals surface area contributed by atoms with Crippen LogP contribution in [0, 0.1) is 19.3 Å². The zero-order valence-corrected chi connectivity index (χ0v) is 20.0. The maximum Gasteiger partial charge on any atom is 0.135 e. The van der Waals surface area contributed by atoms with Gasteiger partial charge in [-0.05, 0) is 40.7 Å². The van der Waals surface area contributed by atoms with E-state index in [9.17, 15) is 5.11 Å². The van der Waals surface area contributed by atoms with E-state index in [4.69, 9.17) is 15.1 Å². The fraction of sp³-hybridized carbons (Fsp3) is 0.308. The molecule has 1 aliphatic rings. The molecular formula is C26H29N3O2S. The van der Waals surface area contributed by atoms with Gasteiger partial charge in [0.05, 0.1) is 17.8 Å². The zero-order chi connectivity index (χ0) is 23.0. The number of amidine groups is 1. The first-order valence-electron chi connectivity index (χ1n) is 10.7. The third-order valence-corrected chi connectivity index (χ3v) is 6.26. The lowest BCUT2D eigenvalue weighted by atomic mass is 10.1. The van der Waals surface area contributed by atoms with Crippen LogP contribution in [-0.2, 0) is 6.54 Å². The van der Waals surface area contributed by atoms with Gasteiger partial charge < -0.3 is 14.7 Å². The molecule has 5 nitrogen and oxygen atoms in total. The molecule has 3 aromatic rings. The molecule has 0 unspecified atom stereocenters. The molecule has 0 spiro atoms. The summed E-state index contributed by atoms with van der Waals surface area (Å²) in [7, 11) is 0. The lowest BCUT2D eigenvalue weighted by Gasteiger charge is -2.25. The van der Waals surface area contributed by atoms with E-state index in [0.29, 0.717) is 17.1 Å². The fourth-order valence-corrected chi connectivity index (χ4v) is 4.75. The van der Waals surface area contributed by atoms with Crippen molar-refractivity contribution in [3.8, 4) is 17.0 Å². The minimum absolute atomic E-state index is 0.188. The van der Waals surface area contributed by atoms with E-state index in [1.807, 2.05) is 56.9 Å². The Kier molecular flexibility index (Phi) is 5.82. The van der Waals surface area contributed by atoms with Crippen LogP contribution in [0.3, 0.4) is 0 Å². The molecule has 0 radical (unpaired) electrons. The molecule has 2 heterocycles. The van der Waals surface area contributed by atoms with Crippen molar-refractivity contribution >= 4 is 22.7 Å². The highest BCUT2D eigenvalue weighted by Gasteiger charge is 2.31. The van der Waals surface area contributed by atoms with Gasteiger partial charge in [-0.1, -0.05) is 48.0 Å². The summed E-state index contributed by atoms with van der Waals surface area (Å²) in [6.07, 6.45) is 0. The molecule has 0 aliphatic carbocycles. The molecule has 0 bridgehead atoms. The van der Waals surface area contributed by atoms with Crippen LogP contribution >= 0.6 is 11.3 Å². The van der Waals surface area contributed by atoms with Gasteiger partial charge in [-0.15, -0.1) is 11.3 Å². The molecule has 0 saturated carbocycles. The number of hydrogen-bond acceptors (Lipinski definition) is 5. The smallest absolute Gasteiger partial charge is 0.135 e. The van der Waals surface area contributed by atoms with E-state index in [1.54, 1.807) is 0 Å². The second kappa shape index (κ2) is 8.43. The number of hydrogen-bond donors (Lipinski definition) is 2. The van der Waals surface area contributed by atoms with Gasteiger partial charge in [0.25, 0.3) is 0 Å². The molecule has 0 atom stereocenters. The van der Waals surface area contributed by atoms with Crippen molar-refractivity contribution in [1.82, 2.24) is 9.88 Å². The topological polar surface area (TPSA) is 69.4 Å². The van der Waals surface area contributed by atoms with Crippen LogP contribution in [0.4, 0.5) is 0 Å². The molecule has 6 heteroatoms. The Hall–Kier alpha value is -3.12. The van der Waals surface area contributed by atoms with Crippen molar-refractivity contribution in [3.63, 3.8) is 0 Å². The number of aliphatic hydroxyl groups excluding tert-OH is 1. The Balaban J connectivity index is 1.58. The monoisotopic (exact) mass is 447 g/mol. The molecule has 0 saturated heterocycles. The second-order valence-electron chi connectivity index (χ2n) is 9.14. The highest BCUT2D eigenvalue weighted by molar-refractivity contribution is 7.13. The van der Waals surface area contributed by atoms with Crippen molar-refractivity contribution in [3.05, 3.63) is 75.3 Å². The van der Waals surface area contributed by atoms with Gasteiger partial charge in [0.2, 0.25) is 0 Å². The summed E-state index contributed by atoms with van der Waals surface area (Å²) in [4.78, 5) is 7.74. The minimum atomic E-state index is -0.315.